The summed E-state index contributed by atoms with van der Waals surface area (Å²) in [7, 11) is 0. The Labute approximate surface area is 112 Å². The number of rotatable bonds is 5. The number of aldehydes is 1. The lowest BCUT2D eigenvalue weighted by Crippen LogP contribution is -1.92. The van der Waals surface area contributed by atoms with E-state index in [1.165, 1.54) is 0 Å². The second-order valence-corrected chi connectivity index (χ2v) is 4.46. The lowest BCUT2D eigenvalue weighted by Gasteiger charge is -2.07. The Morgan fingerprint density at radius 3 is 2.63 bits per heavy atom. The third kappa shape index (κ3) is 2.81. The average Bonchev–Trinajstić information content (AvgIpc) is 2.46. The predicted octanol–water partition coefficient (Wildman–Crippen LogP) is 3.58. The average molecular weight is 255 g/mol. The molecule has 0 saturated carbocycles. The van der Waals surface area contributed by atoms with Crippen LogP contribution in [0.3, 0.4) is 0 Å². The van der Waals surface area contributed by atoms with Crippen molar-refractivity contribution in [2.45, 2.75) is 19.8 Å². The molecule has 3 nitrogen and oxygen atoms in total. The number of fused-ring (bicyclic) bond motifs is 1. The van der Waals surface area contributed by atoms with Crippen molar-refractivity contribution >= 4 is 23.3 Å². The molecular weight excluding hydrogens is 238 g/mol. The van der Waals surface area contributed by atoms with Gasteiger partial charge in [0.2, 0.25) is 0 Å². The molecule has 3 heteroatoms. The highest BCUT2D eigenvalue weighted by Gasteiger charge is 2.09. The maximum Gasteiger partial charge on any atom is 0.153 e. The van der Waals surface area contributed by atoms with Gasteiger partial charge in [0, 0.05) is 23.7 Å². The third-order valence-corrected chi connectivity index (χ3v) is 3.08. The Morgan fingerprint density at radius 2 is 1.95 bits per heavy atom. The van der Waals surface area contributed by atoms with Gasteiger partial charge in [0.15, 0.2) is 6.29 Å². The van der Waals surface area contributed by atoms with Crippen molar-refractivity contribution in [1.29, 1.82) is 0 Å². The number of nitrogens with zero attached hydrogens (tertiary/aromatic N) is 1. The van der Waals surface area contributed by atoms with Crippen LogP contribution in [0.2, 0.25) is 0 Å². The number of aromatic hydroxyl groups is 1. The second kappa shape index (κ2) is 6.14. The lowest BCUT2D eigenvalue weighted by atomic mass is 10.0. The first kappa shape index (κ1) is 13.3. The fourth-order valence-electron chi connectivity index (χ4n) is 2.02. The molecule has 0 radical (unpaired) electrons. The Morgan fingerprint density at radius 1 is 1.21 bits per heavy atom. The highest BCUT2D eigenvalue weighted by Crippen LogP contribution is 2.30. The number of phenolic OH excluding ortho intramolecular Hbond substituents is 1. The second-order valence-electron chi connectivity index (χ2n) is 4.46. The number of carbonyl (C=O) groups excluding carboxylic acids is 1. The first-order chi connectivity index (χ1) is 9.27. The van der Waals surface area contributed by atoms with Gasteiger partial charge in [-0.15, -0.1) is 0 Å². The molecule has 0 aromatic heterocycles. The van der Waals surface area contributed by atoms with Crippen LogP contribution in [0.4, 0.5) is 0 Å². The summed E-state index contributed by atoms with van der Waals surface area (Å²) in [6.45, 7) is 2.90. The lowest BCUT2D eigenvalue weighted by molar-refractivity contribution is 0.112. The summed E-state index contributed by atoms with van der Waals surface area (Å²) in [5.41, 5.74) is 1.17. The molecule has 0 unspecified atom stereocenters. The topological polar surface area (TPSA) is 49.7 Å². The zero-order valence-electron chi connectivity index (χ0n) is 11.0. The van der Waals surface area contributed by atoms with Crippen molar-refractivity contribution in [1.82, 2.24) is 0 Å². The standard InChI is InChI=1S/C16H17NO2/c1-2-3-8-17-10-12-9-13(11-18)16(19)15-7-5-4-6-14(12)15/h4-7,9-11,19H,2-3,8H2,1H3. The number of unbranched alkanes of at least 4 members (excludes halogenated alkanes) is 1. The molecule has 0 aliphatic rings. The molecule has 0 aliphatic carbocycles. The largest absolute Gasteiger partial charge is 0.507 e. The molecule has 0 spiro atoms. The van der Waals surface area contributed by atoms with Gasteiger partial charge in [-0.2, -0.15) is 0 Å². The van der Waals surface area contributed by atoms with E-state index in [2.05, 4.69) is 11.9 Å². The predicted molar refractivity (Wildman–Crippen MR) is 78.4 cm³/mol. The number of phenols is 1. The molecule has 0 heterocycles. The molecule has 19 heavy (non-hydrogen) atoms. The van der Waals surface area contributed by atoms with Gasteiger partial charge in [-0.3, -0.25) is 9.79 Å². The van der Waals surface area contributed by atoms with E-state index in [4.69, 9.17) is 0 Å². The van der Waals surface area contributed by atoms with Gasteiger partial charge in [-0.05, 0) is 17.9 Å². The molecule has 0 aliphatic heterocycles. The SMILES string of the molecule is CCCCN=Cc1cc(C=O)c(O)c2ccccc12. The van der Waals surface area contributed by atoms with E-state index in [-0.39, 0.29) is 5.75 Å². The minimum Gasteiger partial charge on any atom is -0.507 e. The minimum atomic E-state index is 0.0382. The van der Waals surface area contributed by atoms with Gasteiger partial charge in [-0.1, -0.05) is 37.6 Å². The van der Waals surface area contributed by atoms with Crippen molar-refractivity contribution < 1.29 is 9.90 Å². The zero-order chi connectivity index (χ0) is 13.7. The molecule has 0 amide bonds. The number of carbonyl (C=O) groups is 1. The van der Waals surface area contributed by atoms with Crippen LogP contribution in [0.25, 0.3) is 10.8 Å². The fraction of sp³-hybridized carbons (Fsp3) is 0.250. The molecule has 1 N–H and O–H groups in total. The van der Waals surface area contributed by atoms with Gasteiger partial charge in [0.1, 0.15) is 5.75 Å². The Balaban J connectivity index is 2.50. The van der Waals surface area contributed by atoms with Crippen LogP contribution in [0, 0.1) is 0 Å². The maximum atomic E-state index is 11.0. The molecule has 0 saturated heterocycles. The molecule has 2 rings (SSSR count). The summed E-state index contributed by atoms with van der Waals surface area (Å²) >= 11 is 0. The van der Waals surface area contributed by atoms with Gasteiger partial charge >= 0.3 is 0 Å². The Kier molecular flexibility index (Phi) is 4.29. The summed E-state index contributed by atoms with van der Waals surface area (Å²) in [5.74, 6) is 0.0382. The van der Waals surface area contributed by atoms with Crippen LogP contribution in [0.5, 0.6) is 5.75 Å². The van der Waals surface area contributed by atoms with E-state index in [9.17, 15) is 9.90 Å². The molecular formula is C16H17NO2. The van der Waals surface area contributed by atoms with Gasteiger partial charge in [-0.25, -0.2) is 0 Å². The van der Waals surface area contributed by atoms with Crippen molar-refractivity contribution in [3.63, 3.8) is 0 Å². The van der Waals surface area contributed by atoms with E-state index < -0.39 is 0 Å². The highest BCUT2D eigenvalue weighted by molar-refractivity contribution is 6.06. The Hall–Kier alpha value is -2.16. The van der Waals surface area contributed by atoms with Crippen molar-refractivity contribution in [3.8, 4) is 5.75 Å². The van der Waals surface area contributed by atoms with Crippen molar-refractivity contribution in [3.05, 3.63) is 41.5 Å². The van der Waals surface area contributed by atoms with Gasteiger partial charge < -0.3 is 5.11 Å². The van der Waals surface area contributed by atoms with Crippen LogP contribution in [0.1, 0.15) is 35.7 Å². The van der Waals surface area contributed by atoms with Gasteiger partial charge in [0.25, 0.3) is 0 Å². The normalized spacial score (nSPS) is 11.2. The number of hydrogen-bond donors (Lipinski definition) is 1. The summed E-state index contributed by atoms with van der Waals surface area (Å²) < 4.78 is 0. The Bertz CT molecular complexity index is 617. The van der Waals surface area contributed by atoms with Crippen LogP contribution < -0.4 is 0 Å². The summed E-state index contributed by atoms with van der Waals surface area (Å²) in [5, 5.41) is 11.6. The molecule has 2 aromatic rings. The minimum absolute atomic E-state index is 0.0382. The monoisotopic (exact) mass is 255 g/mol. The first-order valence-electron chi connectivity index (χ1n) is 6.47. The molecule has 98 valence electrons. The van der Waals surface area contributed by atoms with E-state index in [0.29, 0.717) is 17.2 Å². The summed E-state index contributed by atoms with van der Waals surface area (Å²) in [6, 6.07) is 9.16. The number of hydrogen-bond acceptors (Lipinski definition) is 3. The molecule has 0 bridgehead atoms. The molecule has 2 aromatic carbocycles. The quantitative estimate of drug-likeness (QED) is 0.504. The van der Waals surface area contributed by atoms with Crippen molar-refractivity contribution in [2.24, 2.45) is 4.99 Å². The molecule has 0 fully saturated rings. The van der Waals surface area contributed by atoms with E-state index in [1.807, 2.05) is 18.2 Å². The van der Waals surface area contributed by atoms with E-state index >= 15 is 0 Å². The van der Waals surface area contributed by atoms with E-state index in [0.717, 1.165) is 30.3 Å². The number of aliphatic imine (C=N–C) groups is 1. The van der Waals surface area contributed by atoms with Crippen LogP contribution >= 0.6 is 0 Å². The number of benzene rings is 2. The van der Waals surface area contributed by atoms with Crippen LogP contribution in [-0.4, -0.2) is 24.2 Å². The van der Waals surface area contributed by atoms with Crippen LogP contribution in [-0.2, 0) is 0 Å². The highest BCUT2D eigenvalue weighted by atomic mass is 16.3. The van der Waals surface area contributed by atoms with Crippen LogP contribution in [0.15, 0.2) is 35.3 Å². The zero-order valence-corrected chi connectivity index (χ0v) is 11.0. The fourth-order valence-corrected chi connectivity index (χ4v) is 2.02. The molecule has 0 atom stereocenters. The van der Waals surface area contributed by atoms with Gasteiger partial charge in [0.05, 0.1) is 5.56 Å². The summed E-state index contributed by atoms with van der Waals surface area (Å²) in [6.07, 6.45) is 4.61. The van der Waals surface area contributed by atoms with Crippen molar-refractivity contribution in [2.75, 3.05) is 6.54 Å². The summed E-state index contributed by atoms with van der Waals surface area (Å²) in [4.78, 5) is 15.4. The third-order valence-electron chi connectivity index (χ3n) is 3.08. The first-order valence-corrected chi connectivity index (χ1v) is 6.47. The maximum absolute atomic E-state index is 11.0. The smallest absolute Gasteiger partial charge is 0.153 e. The van der Waals surface area contributed by atoms with E-state index in [1.54, 1.807) is 18.3 Å².